The monoisotopic (exact) mass is 792 g/mol. The zero-order valence-electron chi connectivity index (χ0n) is 34.4. The van der Waals surface area contributed by atoms with Gasteiger partial charge in [0.25, 0.3) is 0 Å². The lowest BCUT2D eigenvalue weighted by molar-refractivity contribution is 0.661. The molecule has 9 aromatic carbocycles. The summed E-state index contributed by atoms with van der Waals surface area (Å²) in [6.45, 7) is 4.71. The molecule has 0 aliphatic heterocycles. The van der Waals surface area contributed by atoms with E-state index >= 15 is 0 Å². The Balaban J connectivity index is 0.998. The van der Waals surface area contributed by atoms with Crippen LogP contribution in [0.15, 0.2) is 211 Å². The Morgan fingerprint density at radius 1 is 0.371 bits per heavy atom. The Kier molecular flexibility index (Phi) is 8.20. The molecule has 3 heteroatoms. The minimum absolute atomic E-state index is 0.104. The van der Waals surface area contributed by atoms with Crippen LogP contribution in [0.3, 0.4) is 0 Å². The van der Waals surface area contributed by atoms with Gasteiger partial charge in [-0.1, -0.05) is 184 Å². The highest BCUT2D eigenvalue weighted by Crippen LogP contribution is 2.53. The second-order valence-corrected chi connectivity index (χ2v) is 16.9. The zero-order valence-corrected chi connectivity index (χ0v) is 34.4. The summed E-state index contributed by atoms with van der Waals surface area (Å²) in [6, 6.07) is 73.6. The van der Waals surface area contributed by atoms with E-state index in [1.54, 1.807) is 0 Å². The van der Waals surface area contributed by atoms with Gasteiger partial charge in [-0.2, -0.15) is 0 Å². The first kappa shape index (κ1) is 36.0. The van der Waals surface area contributed by atoms with Crippen LogP contribution < -0.4 is 0 Å². The van der Waals surface area contributed by atoms with Gasteiger partial charge in [0.1, 0.15) is 11.2 Å². The van der Waals surface area contributed by atoms with Crippen LogP contribution in [0.2, 0.25) is 0 Å². The number of benzene rings is 9. The molecule has 0 atom stereocenters. The quantitative estimate of drug-likeness (QED) is 0.168. The van der Waals surface area contributed by atoms with Gasteiger partial charge >= 0.3 is 0 Å². The van der Waals surface area contributed by atoms with Gasteiger partial charge in [0.15, 0.2) is 5.82 Å². The van der Waals surface area contributed by atoms with Crippen molar-refractivity contribution in [3.8, 4) is 78.4 Å². The molecule has 1 aliphatic rings. The molecule has 0 N–H and O–H groups in total. The molecule has 11 aromatic rings. The number of rotatable bonds is 6. The normalized spacial score (nSPS) is 12.8. The molecule has 62 heavy (non-hydrogen) atoms. The second kappa shape index (κ2) is 14.1. The van der Waals surface area contributed by atoms with Crippen LogP contribution in [-0.4, -0.2) is 9.97 Å². The fourth-order valence-corrected chi connectivity index (χ4v) is 9.76. The molecule has 0 bridgehead atoms. The lowest BCUT2D eigenvalue weighted by atomic mass is 9.81. The second-order valence-electron chi connectivity index (χ2n) is 16.9. The van der Waals surface area contributed by atoms with E-state index in [0.29, 0.717) is 5.82 Å². The Morgan fingerprint density at radius 2 is 0.984 bits per heavy atom. The number of aromatic nitrogens is 2. The summed E-state index contributed by atoms with van der Waals surface area (Å²) in [5, 5.41) is 4.73. The molecule has 0 amide bonds. The molecule has 1 aliphatic carbocycles. The Hall–Kier alpha value is -7.88. The highest BCUT2D eigenvalue weighted by molar-refractivity contribution is 6.12. The molecule has 0 spiro atoms. The predicted octanol–water partition coefficient (Wildman–Crippen LogP) is 15.8. The van der Waals surface area contributed by atoms with E-state index in [4.69, 9.17) is 14.4 Å². The molecular formula is C59H40N2O. The molecule has 12 rings (SSSR count). The average molecular weight is 793 g/mol. The predicted molar refractivity (Wildman–Crippen MR) is 257 cm³/mol. The molecule has 292 valence electrons. The summed E-state index contributed by atoms with van der Waals surface area (Å²) in [5.41, 5.74) is 18.6. The van der Waals surface area contributed by atoms with Gasteiger partial charge in [-0.05, 0) is 97.2 Å². The summed E-state index contributed by atoms with van der Waals surface area (Å²) in [4.78, 5) is 10.5. The van der Waals surface area contributed by atoms with E-state index in [-0.39, 0.29) is 5.41 Å². The van der Waals surface area contributed by atoms with Gasteiger partial charge in [0, 0.05) is 38.4 Å². The van der Waals surface area contributed by atoms with Crippen LogP contribution in [0, 0.1) is 0 Å². The van der Waals surface area contributed by atoms with Gasteiger partial charge in [-0.3, -0.25) is 0 Å². The van der Waals surface area contributed by atoms with E-state index < -0.39 is 0 Å². The van der Waals surface area contributed by atoms with Crippen LogP contribution in [0.1, 0.15) is 25.0 Å². The number of hydrogen-bond donors (Lipinski definition) is 0. The highest BCUT2D eigenvalue weighted by Gasteiger charge is 2.37. The first-order valence-corrected chi connectivity index (χ1v) is 21.3. The number of hydrogen-bond acceptors (Lipinski definition) is 3. The molecule has 0 unspecified atom stereocenters. The van der Waals surface area contributed by atoms with Crippen molar-refractivity contribution in [3.63, 3.8) is 0 Å². The molecule has 2 heterocycles. The number of nitrogens with zero attached hydrogens (tertiary/aromatic N) is 2. The maximum Gasteiger partial charge on any atom is 0.160 e. The average Bonchev–Trinajstić information content (AvgIpc) is 3.82. The van der Waals surface area contributed by atoms with Crippen molar-refractivity contribution in [2.24, 2.45) is 0 Å². The van der Waals surface area contributed by atoms with Crippen LogP contribution in [0.5, 0.6) is 0 Å². The van der Waals surface area contributed by atoms with Crippen molar-refractivity contribution < 1.29 is 4.42 Å². The first-order valence-electron chi connectivity index (χ1n) is 21.3. The molecule has 0 radical (unpaired) electrons. The van der Waals surface area contributed by atoms with Crippen molar-refractivity contribution in [3.05, 3.63) is 217 Å². The largest absolute Gasteiger partial charge is 0.455 e. The summed E-state index contributed by atoms with van der Waals surface area (Å²) < 4.78 is 6.55. The maximum atomic E-state index is 6.55. The summed E-state index contributed by atoms with van der Waals surface area (Å²) >= 11 is 0. The Morgan fingerprint density at radius 3 is 1.77 bits per heavy atom. The lowest BCUT2D eigenvalue weighted by Gasteiger charge is -2.22. The van der Waals surface area contributed by atoms with Gasteiger partial charge < -0.3 is 4.42 Å². The Labute approximate surface area is 360 Å². The smallest absolute Gasteiger partial charge is 0.160 e. The summed E-state index contributed by atoms with van der Waals surface area (Å²) in [5.74, 6) is 0.685. The van der Waals surface area contributed by atoms with Crippen molar-refractivity contribution in [1.29, 1.82) is 0 Å². The summed E-state index contributed by atoms with van der Waals surface area (Å²) in [6.07, 6.45) is 0. The fourth-order valence-electron chi connectivity index (χ4n) is 9.76. The number of para-hydroxylation sites is 1. The van der Waals surface area contributed by atoms with Crippen molar-refractivity contribution >= 4 is 32.7 Å². The van der Waals surface area contributed by atoms with Crippen molar-refractivity contribution in [2.45, 2.75) is 19.3 Å². The van der Waals surface area contributed by atoms with E-state index in [0.717, 1.165) is 72.3 Å². The molecule has 0 saturated carbocycles. The topological polar surface area (TPSA) is 38.9 Å². The maximum absolute atomic E-state index is 6.55. The zero-order chi connectivity index (χ0) is 41.4. The van der Waals surface area contributed by atoms with Crippen molar-refractivity contribution in [2.75, 3.05) is 0 Å². The molecule has 0 fully saturated rings. The van der Waals surface area contributed by atoms with Crippen LogP contribution in [-0.2, 0) is 5.41 Å². The van der Waals surface area contributed by atoms with Gasteiger partial charge in [-0.25, -0.2) is 9.97 Å². The lowest BCUT2D eigenvalue weighted by Crippen LogP contribution is -2.14. The minimum Gasteiger partial charge on any atom is -0.455 e. The third-order valence-corrected chi connectivity index (χ3v) is 12.9. The highest BCUT2D eigenvalue weighted by atomic mass is 16.3. The van der Waals surface area contributed by atoms with Gasteiger partial charge in [-0.15, -0.1) is 0 Å². The first-order chi connectivity index (χ1) is 30.5. The van der Waals surface area contributed by atoms with E-state index in [1.807, 2.05) is 30.3 Å². The molecule has 0 saturated heterocycles. The van der Waals surface area contributed by atoms with Crippen LogP contribution in [0.4, 0.5) is 0 Å². The Bertz CT molecular complexity index is 3530. The fraction of sp³-hybridized carbons (Fsp3) is 0.0508. The van der Waals surface area contributed by atoms with Gasteiger partial charge in [0.2, 0.25) is 0 Å². The van der Waals surface area contributed by atoms with E-state index in [9.17, 15) is 0 Å². The van der Waals surface area contributed by atoms with E-state index in [1.165, 1.54) is 44.2 Å². The molecular weight excluding hydrogens is 753 g/mol. The third-order valence-electron chi connectivity index (χ3n) is 12.9. The van der Waals surface area contributed by atoms with Crippen molar-refractivity contribution in [1.82, 2.24) is 9.97 Å². The number of furan rings is 1. The van der Waals surface area contributed by atoms with Gasteiger partial charge in [0.05, 0.1) is 11.4 Å². The van der Waals surface area contributed by atoms with Crippen LogP contribution >= 0.6 is 0 Å². The van der Waals surface area contributed by atoms with Crippen LogP contribution in [0.25, 0.3) is 111 Å². The summed E-state index contributed by atoms with van der Waals surface area (Å²) in [7, 11) is 0. The molecule has 2 aromatic heterocycles. The molecule has 3 nitrogen and oxygen atoms in total. The SMILES string of the molecule is CC1(C)c2cc3ccccc3cc2-c2c(-c3ccc(-c4cc(-c5ccccc5-c5cc(-c6ccccc6)c6oc7ccccc7c6c5)nc(-c5ccccc5)n4)cc3)cccc21. The standard InChI is InChI=1S/C59H40N2O/c1-59(2)51-26-15-25-45(56(51)50-32-41-20-9-10-21-42(41)35-52(50)59)38-28-30-39(31-29-38)53-36-54(61-58(60-53)40-18-7-4-8-19-40)46-23-12-11-22-44(46)43-33-48(37-16-5-3-6-17-37)57-49(34-43)47-24-13-14-27-55(47)62-57/h3-36H,1-2H3. The third kappa shape index (κ3) is 5.81. The number of fused-ring (bicyclic) bond motifs is 7. The minimum atomic E-state index is -0.104. The van der Waals surface area contributed by atoms with E-state index in [2.05, 4.69) is 190 Å².